The second-order valence-electron chi connectivity index (χ2n) is 4.77. The minimum atomic E-state index is -0.682. The fourth-order valence-electron chi connectivity index (χ4n) is 2.10. The van der Waals surface area contributed by atoms with Gasteiger partial charge in [-0.1, -0.05) is 29.8 Å². The van der Waals surface area contributed by atoms with Gasteiger partial charge in [-0.2, -0.15) is 0 Å². The molecule has 0 saturated carbocycles. The molecule has 0 saturated heterocycles. The summed E-state index contributed by atoms with van der Waals surface area (Å²) in [6.45, 7) is 2.04. The molecule has 0 unspecified atom stereocenters. The first-order valence-electron chi connectivity index (χ1n) is 6.59. The van der Waals surface area contributed by atoms with E-state index in [-0.39, 0.29) is 12.5 Å². The number of carbonyl (C=O) groups excluding carboxylic acids is 1. The van der Waals surface area contributed by atoms with Gasteiger partial charge in [0.1, 0.15) is 6.61 Å². The van der Waals surface area contributed by atoms with E-state index in [1.807, 2.05) is 25.1 Å². The van der Waals surface area contributed by atoms with Gasteiger partial charge in [-0.3, -0.25) is 4.79 Å². The van der Waals surface area contributed by atoms with Crippen LogP contribution in [0.25, 0.3) is 0 Å². The number of carbonyl (C=O) groups is 1. The Hall–Kier alpha value is -2.20. The van der Waals surface area contributed by atoms with Crippen molar-refractivity contribution in [3.8, 4) is 11.5 Å². The number of benzene rings is 2. The molecule has 2 aromatic rings. The van der Waals surface area contributed by atoms with Gasteiger partial charge in [-0.15, -0.1) is 0 Å². The van der Waals surface area contributed by atoms with E-state index < -0.39 is 6.10 Å². The molecular formula is C16H14ClNO3. The molecule has 5 heteroatoms. The highest BCUT2D eigenvalue weighted by Gasteiger charge is 2.27. The molecule has 0 aromatic heterocycles. The Kier molecular flexibility index (Phi) is 3.71. The van der Waals surface area contributed by atoms with Crippen molar-refractivity contribution < 1.29 is 14.3 Å². The van der Waals surface area contributed by atoms with Gasteiger partial charge in [0.25, 0.3) is 5.91 Å². The summed E-state index contributed by atoms with van der Waals surface area (Å²) in [6.07, 6.45) is -0.682. The molecule has 0 bridgehead atoms. The van der Waals surface area contributed by atoms with Crippen LogP contribution in [0.1, 0.15) is 5.56 Å². The predicted molar refractivity (Wildman–Crippen MR) is 81.2 cm³/mol. The highest BCUT2D eigenvalue weighted by Crippen LogP contribution is 2.31. The standard InChI is InChI=1S/C16H14ClNO3/c1-10-11(17)5-4-6-12(10)18-16(19)15-9-20-13-7-2-3-8-14(13)21-15/h2-8,15H,9H2,1H3,(H,18,19)/t15-/m0/s1. The number of rotatable bonds is 2. The molecule has 2 aromatic carbocycles. The van der Waals surface area contributed by atoms with Gasteiger partial charge < -0.3 is 14.8 Å². The molecule has 1 aliphatic heterocycles. The Morgan fingerprint density at radius 1 is 1.19 bits per heavy atom. The summed E-state index contributed by atoms with van der Waals surface area (Å²) in [5, 5.41) is 3.43. The predicted octanol–water partition coefficient (Wildman–Crippen LogP) is 3.43. The Balaban J connectivity index is 1.74. The van der Waals surface area contributed by atoms with Crippen LogP contribution in [-0.4, -0.2) is 18.6 Å². The highest BCUT2D eigenvalue weighted by molar-refractivity contribution is 6.31. The number of hydrogen-bond acceptors (Lipinski definition) is 3. The molecule has 1 aliphatic rings. The molecule has 1 heterocycles. The smallest absolute Gasteiger partial charge is 0.269 e. The third-order valence-electron chi connectivity index (χ3n) is 3.33. The van der Waals surface area contributed by atoms with E-state index in [9.17, 15) is 4.79 Å². The van der Waals surface area contributed by atoms with Crippen LogP contribution in [0, 0.1) is 6.92 Å². The van der Waals surface area contributed by atoms with Gasteiger partial charge in [0.15, 0.2) is 11.5 Å². The summed E-state index contributed by atoms with van der Waals surface area (Å²) in [5.41, 5.74) is 1.50. The maximum absolute atomic E-state index is 12.3. The first kappa shape index (κ1) is 13.8. The molecule has 21 heavy (non-hydrogen) atoms. The summed E-state index contributed by atoms with van der Waals surface area (Å²) in [5.74, 6) is 0.974. The van der Waals surface area contributed by atoms with E-state index >= 15 is 0 Å². The van der Waals surface area contributed by atoms with Crippen molar-refractivity contribution in [3.63, 3.8) is 0 Å². The lowest BCUT2D eigenvalue weighted by atomic mass is 10.2. The van der Waals surface area contributed by atoms with E-state index in [0.717, 1.165) is 5.56 Å². The molecule has 4 nitrogen and oxygen atoms in total. The number of nitrogens with one attached hydrogen (secondary N) is 1. The summed E-state index contributed by atoms with van der Waals surface area (Å²) in [4.78, 5) is 12.3. The van der Waals surface area contributed by atoms with Crippen molar-refractivity contribution in [2.45, 2.75) is 13.0 Å². The monoisotopic (exact) mass is 303 g/mol. The fourth-order valence-corrected chi connectivity index (χ4v) is 2.28. The zero-order chi connectivity index (χ0) is 14.8. The normalized spacial score (nSPS) is 16.4. The van der Waals surface area contributed by atoms with Crippen molar-refractivity contribution in [2.24, 2.45) is 0 Å². The molecule has 108 valence electrons. The number of hydrogen-bond donors (Lipinski definition) is 1. The fraction of sp³-hybridized carbons (Fsp3) is 0.188. The van der Waals surface area contributed by atoms with Gasteiger partial charge in [0.2, 0.25) is 6.10 Å². The Morgan fingerprint density at radius 2 is 1.95 bits per heavy atom. The van der Waals surface area contributed by atoms with Gasteiger partial charge >= 0.3 is 0 Å². The lowest BCUT2D eigenvalue weighted by Gasteiger charge is -2.25. The van der Waals surface area contributed by atoms with Crippen LogP contribution in [0.3, 0.4) is 0 Å². The number of para-hydroxylation sites is 2. The average Bonchev–Trinajstić information content (AvgIpc) is 2.51. The maximum atomic E-state index is 12.3. The summed E-state index contributed by atoms with van der Waals surface area (Å²) in [7, 11) is 0. The zero-order valence-corrected chi connectivity index (χ0v) is 12.2. The third kappa shape index (κ3) is 2.81. The maximum Gasteiger partial charge on any atom is 0.269 e. The molecule has 3 rings (SSSR count). The minimum Gasteiger partial charge on any atom is -0.485 e. The topological polar surface area (TPSA) is 47.6 Å². The van der Waals surface area contributed by atoms with Crippen molar-refractivity contribution in [1.82, 2.24) is 0 Å². The Morgan fingerprint density at radius 3 is 2.76 bits per heavy atom. The molecule has 1 atom stereocenters. The molecule has 0 spiro atoms. The molecule has 1 N–H and O–H groups in total. The molecule has 1 amide bonds. The van der Waals surface area contributed by atoms with E-state index in [4.69, 9.17) is 21.1 Å². The number of anilines is 1. The van der Waals surface area contributed by atoms with Crippen LogP contribution >= 0.6 is 11.6 Å². The quantitative estimate of drug-likeness (QED) is 0.924. The van der Waals surface area contributed by atoms with Crippen LogP contribution < -0.4 is 14.8 Å². The van der Waals surface area contributed by atoms with Gasteiger partial charge in [-0.25, -0.2) is 0 Å². The van der Waals surface area contributed by atoms with Crippen molar-refractivity contribution in [2.75, 3.05) is 11.9 Å². The SMILES string of the molecule is Cc1c(Cl)cccc1NC(=O)[C@@H]1COc2ccccc2O1. The molecule has 0 aliphatic carbocycles. The van der Waals surface area contributed by atoms with E-state index in [1.165, 1.54) is 0 Å². The molecule has 0 radical (unpaired) electrons. The third-order valence-corrected chi connectivity index (χ3v) is 3.74. The van der Waals surface area contributed by atoms with Crippen LogP contribution in [0.4, 0.5) is 5.69 Å². The first-order chi connectivity index (χ1) is 10.1. The largest absolute Gasteiger partial charge is 0.485 e. The summed E-state index contributed by atoms with van der Waals surface area (Å²) >= 11 is 6.04. The number of amides is 1. The Bertz CT molecular complexity index is 687. The van der Waals surface area contributed by atoms with E-state index in [2.05, 4.69) is 5.32 Å². The average molecular weight is 304 g/mol. The molecular weight excluding hydrogens is 290 g/mol. The lowest BCUT2D eigenvalue weighted by molar-refractivity contribution is -0.125. The molecule has 0 fully saturated rings. The van der Waals surface area contributed by atoms with E-state index in [0.29, 0.717) is 22.2 Å². The number of fused-ring (bicyclic) bond motifs is 1. The van der Waals surface area contributed by atoms with Crippen molar-refractivity contribution >= 4 is 23.2 Å². The van der Waals surface area contributed by atoms with E-state index in [1.54, 1.807) is 24.3 Å². The summed E-state index contributed by atoms with van der Waals surface area (Å²) < 4.78 is 11.2. The van der Waals surface area contributed by atoms with Crippen LogP contribution in [0.5, 0.6) is 11.5 Å². The van der Waals surface area contributed by atoms with Crippen LogP contribution in [0.2, 0.25) is 5.02 Å². The number of halogens is 1. The lowest BCUT2D eigenvalue weighted by Crippen LogP contribution is -2.40. The van der Waals surface area contributed by atoms with Gasteiger partial charge in [0, 0.05) is 10.7 Å². The van der Waals surface area contributed by atoms with Crippen molar-refractivity contribution in [1.29, 1.82) is 0 Å². The second kappa shape index (κ2) is 5.66. The van der Waals surface area contributed by atoms with Crippen molar-refractivity contribution in [3.05, 3.63) is 53.1 Å². The minimum absolute atomic E-state index is 0.183. The van der Waals surface area contributed by atoms with Crippen LogP contribution in [0.15, 0.2) is 42.5 Å². The first-order valence-corrected chi connectivity index (χ1v) is 6.97. The second-order valence-corrected chi connectivity index (χ2v) is 5.17. The van der Waals surface area contributed by atoms with Gasteiger partial charge in [-0.05, 0) is 36.8 Å². The Labute approximate surface area is 127 Å². The van der Waals surface area contributed by atoms with Gasteiger partial charge in [0.05, 0.1) is 0 Å². The summed E-state index contributed by atoms with van der Waals surface area (Å²) in [6, 6.07) is 12.7. The number of ether oxygens (including phenoxy) is 2. The zero-order valence-electron chi connectivity index (χ0n) is 11.4. The van der Waals surface area contributed by atoms with Crippen LogP contribution in [-0.2, 0) is 4.79 Å². The highest BCUT2D eigenvalue weighted by atomic mass is 35.5.